The van der Waals surface area contributed by atoms with Crippen LogP contribution in [0.25, 0.3) is 22.4 Å². The largest absolute Gasteiger partial charge is 0.330 e. The summed E-state index contributed by atoms with van der Waals surface area (Å²) in [4.78, 5) is 9.11. The smallest absolute Gasteiger partial charge is 0.199 e. The van der Waals surface area contributed by atoms with Crippen molar-refractivity contribution in [2.45, 2.75) is 19.8 Å². The molecule has 0 unspecified atom stereocenters. The van der Waals surface area contributed by atoms with Crippen molar-refractivity contribution in [1.29, 1.82) is 0 Å². The predicted molar refractivity (Wildman–Crippen MR) is 79.2 cm³/mol. The molecule has 2 aromatic heterocycles. The Morgan fingerprint density at radius 2 is 2.05 bits per heavy atom. The summed E-state index contributed by atoms with van der Waals surface area (Å²) in [7, 11) is 0. The molecule has 20 heavy (non-hydrogen) atoms. The average Bonchev–Trinajstić information content (AvgIpc) is 2.94. The molecule has 5 heteroatoms. The SMILES string of the molecule is Cc1cc(-c2n[nH]c(CCCN)n2)nc2ccccc12. The van der Waals surface area contributed by atoms with Crippen molar-refractivity contribution in [1.82, 2.24) is 20.2 Å². The van der Waals surface area contributed by atoms with Crippen LogP contribution in [-0.2, 0) is 6.42 Å². The van der Waals surface area contributed by atoms with E-state index in [0.29, 0.717) is 12.4 Å². The van der Waals surface area contributed by atoms with Gasteiger partial charge in [-0.1, -0.05) is 18.2 Å². The van der Waals surface area contributed by atoms with Crippen LogP contribution >= 0.6 is 0 Å². The number of aryl methyl sites for hydroxylation is 2. The van der Waals surface area contributed by atoms with E-state index in [1.165, 1.54) is 5.56 Å². The first-order chi connectivity index (χ1) is 9.78. The van der Waals surface area contributed by atoms with E-state index in [2.05, 4.69) is 33.2 Å². The zero-order valence-electron chi connectivity index (χ0n) is 11.4. The standard InChI is InChI=1S/C15H17N5/c1-10-9-13(17-12-6-3-2-5-11(10)12)15-18-14(19-20-15)7-4-8-16/h2-3,5-6,9H,4,7-8,16H2,1H3,(H,18,19,20). The molecule has 102 valence electrons. The number of fused-ring (bicyclic) bond motifs is 1. The van der Waals surface area contributed by atoms with Gasteiger partial charge in [0.1, 0.15) is 11.5 Å². The van der Waals surface area contributed by atoms with Crippen LogP contribution in [0.15, 0.2) is 30.3 Å². The van der Waals surface area contributed by atoms with Crippen LogP contribution in [0.1, 0.15) is 17.8 Å². The fourth-order valence-corrected chi connectivity index (χ4v) is 2.26. The zero-order chi connectivity index (χ0) is 13.9. The number of pyridine rings is 1. The Labute approximate surface area is 117 Å². The number of aromatic amines is 1. The number of benzene rings is 1. The lowest BCUT2D eigenvalue weighted by Gasteiger charge is -2.03. The van der Waals surface area contributed by atoms with Crippen molar-refractivity contribution < 1.29 is 0 Å². The van der Waals surface area contributed by atoms with Gasteiger partial charge in [0.15, 0.2) is 5.82 Å². The summed E-state index contributed by atoms with van der Waals surface area (Å²) in [6.07, 6.45) is 1.72. The summed E-state index contributed by atoms with van der Waals surface area (Å²) in [5, 5.41) is 8.36. The molecule has 0 radical (unpaired) electrons. The fourth-order valence-electron chi connectivity index (χ4n) is 2.26. The van der Waals surface area contributed by atoms with E-state index in [1.807, 2.05) is 24.3 Å². The molecule has 0 spiro atoms. The molecule has 0 atom stereocenters. The number of nitrogens with one attached hydrogen (secondary N) is 1. The third-order valence-electron chi connectivity index (χ3n) is 3.30. The second-order valence-corrected chi connectivity index (χ2v) is 4.84. The highest BCUT2D eigenvalue weighted by atomic mass is 15.2. The molecule has 3 N–H and O–H groups in total. The van der Waals surface area contributed by atoms with E-state index in [1.54, 1.807) is 0 Å². The quantitative estimate of drug-likeness (QED) is 0.759. The highest BCUT2D eigenvalue weighted by molar-refractivity contribution is 5.84. The molecular weight excluding hydrogens is 250 g/mol. The third-order valence-corrected chi connectivity index (χ3v) is 3.30. The van der Waals surface area contributed by atoms with E-state index in [9.17, 15) is 0 Å². The van der Waals surface area contributed by atoms with E-state index in [0.717, 1.165) is 35.3 Å². The lowest BCUT2D eigenvalue weighted by atomic mass is 10.1. The number of H-pyrrole nitrogens is 1. The van der Waals surface area contributed by atoms with Gasteiger partial charge in [-0.25, -0.2) is 9.97 Å². The lowest BCUT2D eigenvalue weighted by Crippen LogP contribution is -2.01. The second kappa shape index (κ2) is 5.38. The predicted octanol–water partition coefficient (Wildman–Crippen LogP) is 2.22. The Kier molecular flexibility index (Phi) is 3.43. The summed E-state index contributed by atoms with van der Waals surface area (Å²) >= 11 is 0. The summed E-state index contributed by atoms with van der Waals surface area (Å²) in [5.41, 5.74) is 8.45. The van der Waals surface area contributed by atoms with Gasteiger partial charge in [0, 0.05) is 11.8 Å². The molecule has 3 rings (SSSR count). The van der Waals surface area contributed by atoms with Gasteiger partial charge in [-0.15, -0.1) is 0 Å². The molecule has 0 aliphatic heterocycles. The van der Waals surface area contributed by atoms with E-state index >= 15 is 0 Å². The first-order valence-corrected chi connectivity index (χ1v) is 6.76. The molecule has 0 saturated heterocycles. The topological polar surface area (TPSA) is 80.5 Å². The number of para-hydroxylation sites is 1. The van der Waals surface area contributed by atoms with Gasteiger partial charge >= 0.3 is 0 Å². The van der Waals surface area contributed by atoms with Gasteiger partial charge < -0.3 is 5.73 Å². The van der Waals surface area contributed by atoms with Crippen LogP contribution in [0, 0.1) is 6.92 Å². The maximum Gasteiger partial charge on any atom is 0.199 e. The van der Waals surface area contributed by atoms with E-state index in [4.69, 9.17) is 5.73 Å². The van der Waals surface area contributed by atoms with Crippen molar-refractivity contribution >= 4 is 10.9 Å². The van der Waals surface area contributed by atoms with Crippen LogP contribution in [-0.4, -0.2) is 26.7 Å². The minimum atomic E-state index is 0.644. The lowest BCUT2D eigenvalue weighted by molar-refractivity contribution is 0.785. The first kappa shape index (κ1) is 12.7. The van der Waals surface area contributed by atoms with Gasteiger partial charge in [-0.2, -0.15) is 5.10 Å². The van der Waals surface area contributed by atoms with Crippen LogP contribution < -0.4 is 5.73 Å². The van der Waals surface area contributed by atoms with Gasteiger partial charge in [-0.3, -0.25) is 5.10 Å². The fraction of sp³-hybridized carbons (Fsp3) is 0.267. The Balaban J connectivity index is 1.99. The average molecular weight is 267 g/mol. The van der Waals surface area contributed by atoms with Gasteiger partial charge in [0.05, 0.1) is 5.52 Å². The molecule has 0 aliphatic rings. The summed E-state index contributed by atoms with van der Waals surface area (Å²) in [6.45, 7) is 2.73. The van der Waals surface area contributed by atoms with E-state index in [-0.39, 0.29) is 0 Å². The molecule has 0 bridgehead atoms. The number of rotatable bonds is 4. The molecule has 0 fully saturated rings. The molecule has 0 saturated carbocycles. The number of hydrogen-bond donors (Lipinski definition) is 2. The Hall–Kier alpha value is -2.27. The van der Waals surface area contributed by atoms with Gasteiger partial charge in [-0.05, 0) is 37.6 Å². The van der Waals surface area contributed by atoms with Gasteiger partial charge in [0.25, 0.3) is 0 Å². The number of aromatic nitrogens is 4. The zero-order valence-corrected chi connectivity index (χ0v) is 11.4. The Bertz CT molecular complexity index is 732. The molecule has 2 heterocycles. The van der Waals surface area contributed by atoms with Gasteiger partial charge in [0.2, 0.25) is 0 Å². The maximum absolute atomic E-state index is 5.50. The summed E-state index contributed by atoms with van der Waals surface area (Å²) in [6, 6.07) is 10.1. The Morgan fingerprint density at radius 3 is 2.90 bits per heavy atom. The molecule has 0 aliphatic carbocycles. The van der Waals surface area contributed by atoms with Crippen LogP contribution in [0.5, 0.6) is 0 Å². The van der Waals surface area contributed by atoms with Crippen LogP contribution in [0.4, 0.5) is 0 Å². The number of nitrogens with zero attached hydrogens (tertiary/aromatic N) is 3. The molecule has 0 amide bonds. The molecular formula is C15H17N5. The highest BCUT2D eigenvalue weighted by Gasteiger charge is 2.09. The van der Waals surface area contributed by atoms with Crippen molar-refractivity contribution in [2.24, 2.45) is 5.73 Å². The van der Waals surface area contributed by atoms with Crippen molar-refractivity contribution in [2.75, 3.05) is 6.54 Å². The van der Waals surface area contributed by atoms with Crippen LogP contribution in [0.2, 0.25) is 0 Å². The normalized spacial score (nSPS) is 11.1. The third kappa shape index (κ3) is 2.40. The van der Waals surface area contributed by atoms with Crippen molar-refractivity contribution in [3.63, 3.8) is 0 Å². The Morgan fingerprint density at radius 1 is 1.20 bits per heavy atom. The molecule has 1 aromatic carbocycles. The van der Waals surface area contributed by atoms with Crippen molar-refractivity contribution in [3.8, 4) is 11.5 Å². The minimum Gasteiger partial charge on any atom is -0.330 e. The molecule has 5 nitrogen and oxygen atoms in total. The summed E-state index contributed by atoms with van der Waals surface area (Å²) in [5.74, 6) is 1.50. The highest BCUT2D eigenvalue weighted by Crippen LogP contribution is 2.22. The monoisotopic (exact) mass is 267 g/mol. The number of nitrogens with two attached hydrogens (primary N) is 1. The van der Waals surface area contributed by atoms with Crippen molar-refractivity contribution in [3.05, 3.63) is 41.7 Å². The van der Waals surface area contributed by atoms with Crippen LogP contribution in [0.3, 0.4) is 0 Å². The number of hydrogen-bond acceptors (Lipinski definition) is 4. The summed E-state index contributed by atoms with van der Waals surface area (Å²) < 4.78 is 0. The first-order valence-electron chi connectivity index (χ1n) is 6.76. The molecule has 3 aromatic rings. The second-order valence-electron chi connectivity index (χ2n) is 4.84. The minimum absolute atomic E-state index is 0.644. The van der Waals surface area contributed by atoms with E-state index < -0.39 is 0 Å². The maximum atomic E-state index is 5.50.